The Bertz CT molecular complexity index is 531. The molecule has 0 aliphatic rings. The molecule has 4 heteroatoms. The fraction of sp³-hybridized carbons (Fsp3) is 0.471. The molecule has 1 atom stereocenters. The maximum absolute atomic E-state index is 6.21. The number of benzene rings is 1. The van der Waals surface area contributed by atoms with E-state index in [0.29, 0.717) is 0 Å². The predicted octanol–water partition coefficient (Wildman–Crippen LogP) is 4.28. The quantitative estimate of drug-likeness (QED) is 0.679. The zero-order valence-electron chi connectivity index (χ0n) is 12.8. The van der Waals surface area contributed by atoms with Crippen LogP contribution in [0.25, 0.3) is 11.3 Å². The summed E-state index contributed by atoms with van der Waals surface area (Å²) in [5.74, 6) is 0.876. The third-order valence-electron chi connectivity index (χ3n) is 3.54. The van der Waals surface area contributed by atoms with Gasteiger partial charge in [-0.15, -0.1) is 10.2 Å². The number of aromatic nitrogens is 3. The first-order chi connectivity index (χ1) is 10.3. The maximum Gasteiger partial charge on any atom is 0.129 e. The second-order valence-corrected chi connectivity index (χ2v) is 5.15. The monoisotopic (exact) mass is 285 g/mol. The van der Waals surface area contributed by atoms with Crippen molar-refractivity contribution < 1.29 is 4.74 Å². The molecule has 0 spiro atoms. The summed E-state index contributed by atoms with van der Waals surface area (Å²) in [6, 6.07) is 9.85. The molecule has 1 unspecified atom stereocenters. The minimum Gasteiger partial charge on any atom is -0.490 e. The first kappa shape index (κ1) is 15.4. The highest BCUT2D eigenvalue weighted by atomic mass is 16.5. The van der Waals surface area contributed by atoms with Crippen LogP contribution >= 0.6 is 0 Å². The molecule has 0 saturated heterocycles. The van der Waals surface area contributed by atoms with Gasteiger partial charge in [-0.3, -0.25) is 0 Å². The zero-order chi connectivity index (χ0) is 14.9. The molecule has 0 saturated carbocycles. The van der Waals surface area contributed by atoms with Crippen molar-refractivity contribution in [1.29, 1.82) is 0 Å². The molecular formula is C17H23N3O. The number of hydrogen-bond acceptors (Lipinski definition) is 4. The van der Waals surface area contributed by atoms with Crippen LogP contribution in [0.3, 0.4) is 0 Å². The fourth-order valence-corrected chi connectivity index (χ4v) is 2.31. The van der Waals surface area contributed by atoms with Gasteiger partial charge in [-0.1, -0.05) is 38.8 Å². The van der Waals surface area contributed by atoms with E-state index in [9.17, 15) is 0 Å². The highest BCUT2D eigenvalue weighted by Crippen LogP contribution is 2.29. The van der Waals surface area contributed by atoms with Crippen molar-refractivity contribution in [1.82, 2.24) is 15.4 Å². The first-order valence-corrected chi connectivity index (χ1v) is 7.75. The molecule has 0 aliphatic carbocycles. The van der Waals surface area contributed by atoms with Crippen molar-refractivity contribution in [3.05, 3.63) is 36.5 Å². The van der Waals surface area contributed by atoms with Crippen molar-refractivity contribution in [3.8, 4) is 17.0 Å². The summed E-state index contributed by atoms with van der Waals surface area (Å²) < 4.78 is 6.21. The zero-order valence-corrected chi connectivity index (χ0v) is 12.8. The van der Waals surface area contributed by atoms with Gasteiger partial charge >= 0.3 is 0 Å². The van der Waals surface area contributed by atoms with Gasteiger partial charge < -0.3 is 4.74 Å². The van der Waals surface area contributed by atoms with E-state index in [4.69, 9.17) is 4.74 Å². The number of rotatable bonds is 8. The van der Waals surface area contributed by atoms with Crippen LogP contribution in [0.15, 0.2) is 36.5 Å². The van der Waals surface area contributed by atoms with Crippen LogP contribution in [0.1, 0.15) is 46.0 Å². The van der Waals surface area contributed by atoms with E-state index < -0.39 is 0 Å². The van der Waals surface area contributed by atoms with E-state index in [0.717, 1.165) is 29.8 Å². The number of para-hydroxylation sites is 1. The Kier molecular flexibility index (Phi) is 6.13. The van der Waals surface area contributed by atoms with Crippen molar-refractivity contribution in [2.45, 2.75) is 52.1 Å². The third kappa shape index (κ3) is 4.52. The molecular weight excluding hydrogens is 262 g/mol. The highest BCUT2D eigenvalue weighted by molar-refractivity contribution is 5.66. The molecule has 0 fully saturated rings. The largest absolute Gasteiger partial charge is 0.490 e. The Balaban J connectivity index is 2.12. The normalized spacial score (nSPS) is 12.1. The Labute approximate surface area is 126 Å². The number of hydrogen-bond donors (Lipinski definition) is 0. The molecule has 1 aromatic heterocycles. The summed E-state index contributed by atoms with van der Waals surface area (Å²) in [5, 5.41) is 11.5. The number of ether oxygens (including phenoxy) is 1. The lowest BCUT2D eigenvalue weighted by Crippen LogP contribution is -2.15. The average Bonchev–Trinajstić information content (AvgIpc) is 2.55. The molecule has 2 aromatic rings. The van der Waals surface area contributed by atoms with Gasteiger partial charge in [-0.25, -0.2) is 0 Å². The smallest absolute Gasteiger partial charge is 0.129 e. The lowest BCUT2D eigenvalue weighted by atomic mass is 10.1. The van der Waals surface area contributed by atoms with Gasteiger partial charge in [0.05, 0.1) is 12.3 Å². The topological polar surface area (TPSA) is 47.9 Å². The summed E-state index contributed by atoms with van der Waals surface area (Å²) >= 11 is 0. The van der Waals surface area contributed by atoms with Crippen LogP contribution < -0.4 is 4.74 Å². The van der Waals surface area contributed by atoms with Crippen LogP contribution in [0.5, 0.6) is 5.75 Å². The molecule has 112 valence electrons. The van der Waals surface area contributed by atoms with Crippen LogP contribution in [0, 0.1) is 0 Å². The van der Waals surface area contributed by atoms with Gasteiger partial charge in [0, 0.05) is 5.56 Å². The molecule has 1 heterocycles. The summed E-state index contributed by atoms with van der Waals surface area (Å²) in [6.45, 7) is 4.39. The van der Waals surface area contributed by atoms with Gasteiger partial charge in [0.1, 0.15) is 11.4 Å². The summed E-state index contributed by atoms with van der Waals surface area (Å²) in [7, 11) is 0. The van der Waals surface area contributed by atoms with Crippen LogP contribution in [0.4, 0.5) is 0 Å². The fourth-order valence-electron chi connectivity index (χ4n) is 2.31. The van der Waals surface area contributed by atoms with Crippen LogP contribution in [-0.2, 0) is 0 Å². The summed E-state index contributed by atoms with van der Waals surface area (Å²) in [6.07, 6.45) is 7.73. The number of unbranched alkanes of at least 4 members (excludes halogenated alkanes) is 2. The van der Waals surface area contributed by atoms with E-state index in [1.807, 2.05) is 30.3 Å². The van der Waals surface area contributed by atoms with E-state index in [1.54, 1.807) is 6.20 Å². The molecule has 0 amide bonds. The highest BCUT2D eigenvalue weighted by Gasteiger charge is 2.12. The molecule has 21 heavy (non-hydrogen) atoms. The van der Waals surface area contributed by atoms with E-state index in [-0.39, 0.29) is 6.10 Å². The third-order valence-corrected chi connectivity index (χ3v) is 3.54. The van der Waals surface area contributed by atoms with Gasteiger partial charge in [0.2, 0.25) is 0 Å². The summed E-state index contributed by atoms with van der Waals surface area (Å²) in [4.78, 5) is 0. The minimum absolute atomic E-state index is 0.257. The second-order valence-electron chi connectivity index (χ2n) is 5.15. The minimum atomic E-state index is 0.257. The maximum atomic E-state index is 6.21. The summed E-state index contributed by atoms with van der Waals surface area (Å²) in [5.41, 5.74) is 1.77. The van der Waals surface area contributed by atoms with Crippen LogP contribution in [-0.4, -0.2) is 21.5 Å². The standard InChI is InChI=1S/C17H23N3O/c1-3-5-6-9-14(4-2)21-17-11-8-7-10-15(17)16-12-13-18-20-19-16/h7-8,10-14H,3-6,9H2,1-2H3. The SMILES string of the molecule is CCCCCC(CC)Oc1ccccc1-c1ccnnn1. The second kappa shape index (κ2) is 8.35. The number of nitrogens with zero attached hydrogens (tertiary/aromatic N) is 3. The predicted molar refractivity (Wildman–Crippen MR) is 84.1 cm³/mol. The Morgan fingerprint density at radius 3 is 2.67 bits per heavy atom. The Morgan fingerprint density at radius 2 is 1.95 bits per heavy atom. The molecule has 0 N–H and O–H groups in total. The molecule has 4 nitrogen and oxygen atoms in total. The lowest BCUT2D eigenvalue weighted by Gasteiger charge is -2.19. The van der Waals surface area contributed by atoms with E-state index >= 15 is 0 Å². The molecule has 0 aliphatic heterocycles. The molecule has 1 aromatic carbocycles. The Hall–Kier alpha value is -1.97. The molecule has 2 rings (SSSR count). The average molecular weight is 285 g/mol. The van der Waals surface area contributed by atoms with Crippen molar-refractivity contribution in [2.24, 2.45) is 0 Å². The van der Waals surface area contributed by atoms with Crippen molar-refractivity contribution in [2.75, 3.05) is 0 Å². The van der Waals surface area contributed by atoms with E-state index in [2.05, 4.69) is 29.3 Å². The van der Waals surface area contributed by atoms with Crippen LogP contribution in [0.2, 0.25) is 0 Å². The molecule has 0 bridgehead atoms. The molecule has 0 radical (unpaired) electrons. The van der Waals surface area contributed by atoms with Gasteiger partial charge in [0.15, 0.2) is 0 Å². The van der Waals surface area contributed by atoms with Gasteiger partial charge in [-0.05, 0) is 42.7 Å². The van der Waals surface area contributed by atoms with Gasteiger partial charge in [-0.2, -0.15) is 0 Å². The van der Waals surface area contributed by atoms with Gasteiger partial charge in [0.25, 0.3) is 0 Å². The van der Waals surface area contributed by atoms with Crippen molar-refractivity contribution >= 4 is 0 Å². The Morgan fingerprint density at radius 1 is 1.10 bits per heavy atom. The first-order valence-electron chi connectivity index (χ1n) is 7.75. The lowest BCUT2D eigenvalue weighted by molar-refractivity contribution is 0.183. The van der Waals surface area contributed by atoms with Crippen molar-refractivity contribution in [3.63, 3.8) is 0 Å². The van der Waals surface area contributed by atoms with E-state index in [1.165, 1.54) is 19.3 Å².